The van der Waals surface area contributed by atoms with Crippen LogP contribution in [0.1, 0.15) is 34.5 Å². The minimum Gasteiger partial charge on any atom is -0.344 e. The second kappa shape index (κ2) is 11.6. The van der Waals surface area contributed by atoms with Gasteiger partial charge in [-0.3, -0.25) is 9.59 Å². The molecule has 1 heterocycles. The molecule has 2 N–H and O–H groups in total. The summed E-state index contributed by atoms with van der Waals surface area (Å²) in [4.78, 5) is 30.4. The predicted molar refractivity (Wildman–Crippen MR) is 152 cm³/mol. The van der Waals surface area contributed by atoms with Crippen LogP contribution < -0.4 is 10.6 Å². The lowest BCUT2D eigenvalue weighted by Crippen LogP contribution is -2.34. The van der Waals surface area contributed by atoms with Crippen molar-refractivity contribution in [1.82, 2.24) is 10.3 Å². The molecule has 0 saturated heterocycles. The molecule has 1 aromatic heterocycles. The molecule has 8 heteroatoms. The number of aromatic nitrogens is 1. The number of amides is 2. The van der Waals surface area contributed by atoms with E-state index < -0.39 is 11.7 Å². The van der Waals surface area contributed by atoms with E-state index in [0.717, 1.165) is 25.7 Å². The maximum atomic E-state index is 14.0. The van der Waals surface area contributed by atoms with E-state index in [2.05, 4.69) is 15.6 Å². The third-order valence-corrected chi connectivity index (χ3v) is 8.16. The number of nitrogens with zero attached hydrogens (tertiary/aromatic N) is 1. The van der Waals surface area contributed by atoms with Crippen LogP contribution in [0.4, 0.5) is 10.1 Å². The zero-order valence-corrected chi connectivity index (χ0v) is 22.1. The van der Waals surface area contributed by atoms with Crippen LogP contribution in [0.2, 0.25) is 0 Å². The Balaban J connectivity index is 1.28. The molecule has 2 amide bonds. The van der Waals surface area contributed by atoms with Crippen LogP contribution in [-0.4, -0.2) is 22.0 Å². The number of halogens is 1. The molecule has 5 nitrogen and oxygen atoms in total. The van der Waals surface area contributed by atoms with Gasteiger partial charge in [-0.25, -0.2) is 9.37 Å². The quantitative estimate of drug-likeness (QED) is 0.206. The lowest BCUT2D eigenvalue weighted by atomic mass is 9.98. The lowest BCUT2D eigenvalue weighted by molar-refractivity contribution is -0.120. The maximum Gasteiger partial charge on any atom is 0.258 e. The van der Waals surface area contributed by atoms with Crippen molar-refractivity contribution >= 4 is 50.8 Å². The Morgan fingerprint density at radius 1 is 0.868 bits per heavy atom. The van der Waals surface area contributed by atoms with E-state index in [4.69, 9.17) is 0 Å². The highest BCUT2D eigenvalue weighted by Crippen LogP contribution is 2.34. The van der Waals surface area contributed by atoms with Gasteiger partial charge in [-0.05, 0) is 48.4 Å². The van der Waals surface area contributed by atoms with E-state index in [1.165, 1.54) is 35.2 Å². The van der Waals surface area contributed by atoms with E-state index in [0.29, 0.717) is 5.69 Å². The summed E-state index contributed by atoms with van der Waals surface area (Å²) < 4.78 is 15.6. The summed E-state index contributed by atoms with van der Waals surface area (Å²) in [6, 6.07) is 30.7. The number of nitrogens with one attached hydrogen (secondary N) is 2. The van der Waals surface area contributed by atoms with Crippen molar-refractivity contribution in [2.45, 2.75) is 22.6 Å². The normalized spacial score (nSPS) is 11.9. The number of hydrogen-bond donors (Lipinski definition) is 2. The van der Waals surface area contributed by atoms with Gasteiger partial charge in [-0.15, -0.1) is 11.3 Å². The van der Waals surface area contributed by atoms with Crippen LogP contribution in [0.3, 0.4) is 0 Å². The van der Waals surface area contributed by atoms with Gasteiger partial charge in [0, 0.05) is 5.69 Å². The fourth-order valence-corrected chi connectivity index (χ4v) is 6.25. The number of thiazole rings is 1. The highest BCUT2D eigenvalue weighted by molar-refractivity contribution is 8.02. The van der Waals surface area contributed by atoms with Crippen LogP contribution in [0.5, 0.6) is 0 Å². The Bertz CT molecular complexity index is 1540. The minimum absolute atomic E-state index is 0.0164. The summed E-state index contributed by atoms with van der Waals surface area (Å²) in [6.07, 6.45) is 0. The van der Waals surface area contributed by atoms with Crippen LogP contribution in [0, 0.1) is 5.82 Å². The minimum atomic E-state index is -0.573. The first-order valence-corrected chi connectivity index (χ1v) is 13.7. The number of fused-ring (bicyclic) bond motifs is 1. The number of benzene rings is 4. The van der Waals surface area contributed by atoms with Gasteiger partial charge >= 0.3 is 0 Å². The van der Waals surface area contributed by atoms with Gasteiger partial charge in [0.1, 0.15) is 5.82 Å². The van der Waals surface area contributed by atoms with Gasteiger partial charge in [-0.1, -0.05) is 84.6 Å². The summed E-state index contributed by atoms with van der Waals surface area (Å²) >= 11 is 2.83. The van der Waals surface area contributed by atoms with Gasteiger partial charge in [0.15, 0.2) is 4.34 Å². The van der Waals surface area contributed by atoms with Crippen molar-refractivity contribution < 1.29 is 14.0 Å². The van der Waals surface area contributed by atoms with E-state index in [1.54, 1.807) is 30.3 Å². The molecule has 38 heavy (non-hydrogen) atoms. The van der Waals surface area contributed by atoms with Crippen LogP contribution in [0.15, 0.2) is 107 Å². The Hall–Kier alpha value is -4.01. The zero-order chi connectivity index (χ0) is 26.5. The van der Waals surface area contributed by atoms with E-state index in [1.807, 2.05) is 67.6 Å². The molecular weight excluding hydrogens is 517 g/mol. The summed E-state index contributed by atoms with van der Waals surface area (Å²) in [5.41, 5.74) is 3.31. The maximum absolute atomic E-state index is 14.0. The number of carbonyl (C=O) groups excluding carboxylic acids is 2. The van der Waals surface area contributed by atoms with Crippen LogP contribution in [-0.2, 0) is 4.79 Å². The predicted octanol–water partition coefficient (Wildman–Crippen LogP) is 7.07. The Morgan fingerprint density at radius 3 is 2.16 bits per heavy atom. The summed E-state index contributed by atoms with van der Waals surface area (Å²) in [5, 5.41) is 5.55. The number of carbonyl (C=O) groups is 2. The molecular formula is C30H24FN3O2S2. The molecule has 0 fully saturated rings. The molecule has 0 radical (unpaired) electrons. The van der Waals surface area contributed by atoms with Gasteiger partial charge in [0.05, 0.1) is 27.1 Å². The van der Waals surface area contributed by atoms with Crippen molar-refractivity contribution in [2.75, 3.05) is 5.32 Å². The van der Waals surface area contributed by atoms with Crippen molar-refractivity contribution in [3.05, 3.63) is 126 Å². The fourth-order valence-electron chi connectivity index (χ4n) is 3.99. The molecule has 4 aromatic carbocycles. The molecule has 0 spiro atoms. The molecule has 1 atom stereocenters. The van der Waals surface area contributed by atoms with E-state index in [-0.39, 0.29) is 22.8 Å². The monoisotopic (exact) mass is 541 g/mol. The highest BCUT2D eigenvalue weighted by atomic mass is 32.2. The molecule has 5 rings (SSSR count). The second-order valence-electron chi connectivity index (χ2n) is 8.62. The topological polar surface area (TPSA) is 71.1 Å². The van der Waals surface area contributed by atoms with Crippen LogP contribution in [0.25, 0.3) is 10.2 Å². The number of rotatable bonds is 8. The smallest absolute Gasteiger partial charge is 0.258 e. The average molecular weight is 542 g/mol. The first-order chi connectivity index (χ1) is 18.5. The molecule has 190 valence electrons. The van der Waals surface area contributed by atoms with Crippen molar-refractivity contribution in [1.29, 1.82) is 0 Å². The second-order valence-corrected chi connectivity index (χ2v) is 11.2. The Kier molecular flexibility index (Phi) is 7.81. The van der Waals surface area contributed by atoms with Crippen molar-refractivity contribution in [3.63, 3.8) is 0 Å². The van der Waals surface area contributed by atoms with E-state index >= 15 is 0 Å². The van der Waals surface area contributed by atoms with Crippen molar-refractivity contribution in [3.8, 4) is 0 Å². The number of hydrogen-bond acceptors (Lipinski definition) is 5. The van der Waals surface area contributed by atoms with Gasteiger partial charge < -0.3 is 10.6 Å². The molecule has 0 bridgehead atoms. The molecule has 0 unspecified atom stereocenters. The summed E-state index contributed by atoms with van der Waals surface area (Å²) in [6.45, 7) is 1.86. The fraction of sp³-hybridized carbons (Fsp3) is 0.100. The zero-order valence-electron chi connectivity index (χ0n) is 20.4. The van der Waals surface area contributed by atoms with Gasteiger partial charge in [0.2, 0.25) is 5.91 Å². The summed E-state index contributed by atoms with van der Waals surface area (Å²) in [7, 11) is 0. The highest BCUT2D eigenvalue weighted by Gasteiger charge is 2.22. The Morgan fingerprint density at radius 2 is 1.50 bits per heavy atom. The SMILES string of the molecule is C[C@@H](Sc1nc2ccc(NC(=O)c3ccccc3F)cc2s1)C(=O)NC(c1ccccc1)c1ccccc1. The molecule has 0 aliphatic rings. The molecule has 0 aliphatic carbocycles. The molecule has 5 aromatic rings. The third-order valence-electron chi connectivity index (χ3n) is 5.94. The standard InChI is InChI=1S/C30H24FN3O2S2/c1-19(28(35)34-27(20-10-4-2-5-11-20)21-12-6-3-7-13-21)37-30-33-25-17-16-22(18-26(25)38-30)32-29(36)23-14-8-9-15-24(23)31/h2-19,27H,1H3,(H,32,36)(H,34,35)/t19-/m1/s1. The first-order valence-electron chi connectivity index (χ1n) is 12.0. The van der Waals surface area contributed by atoms with Gasteiger partial charge in [-0.2, -0.15) is 0 Å². The van der Waals surface area contributed by atoms with Gasteiger partial charge in [0.25, 0.3) is 5.91 Å². The van der Waals surface area contributed by atoms with Crippen LogP contribution >= 0.6 is 23.1 Å². The average Bonchev–Trinajstić information content (AvgIpc) is 3.34. The largest absolute Gasteiger partial charge is 0.344 e. The molecule has 0 saturated carbocycles. The Labute approximate surface area is 228 Å². The first kappa shape index (κ1) is 25.6. The lowest BCUT2D eigenvalue weighted by Gasteiger charge is -2.21. The third kappa shape index (κ3) is 5.93. The van der Waals surface area contributed by atoms with E-state index in [9.17, 15) is 14.0 Å². The molecule has 0 aliphatic heterocycles. The number of thioether (sulfide) groups is 1. The summed E-state index contributed by atoms with van der Waals surface area (Å²) in [5.74, 6) is -1.18. The van der Waals surface area contributed by atoms with Crippen molar-refractivity contribution in [2.24, 2.45) is 0 Å². The number of anilines is 1.